The third kappa shape index (κ3) is 33.0. The number of hydrogen-bond donors (Lipinski definition) is 4. The highest BCUT2D eigenvalue weighted by molar-refractivity contribution is 6.92. The minimum absolute atomic E-state index is 0. The highest BCUT2D eigenvalue weighted by Crippen LogP contribution is 2.13. The Morgan fingerprint density at radius 1 is 0.673 bits per heavy atom. The summed E-state index contributed by atoms with van der Waals surface area (Å²) < 4.78 is 23.4. The molecular weight excluding hydrogens is 727 g/mol. The quantitative estimate of drug-likeness (QED) is 0.0467. The highest BCUT2D eigenvalue weighted by atomic mass is 31.0. The third-order valence-corrected chi connectivity index (χ3v) is 8.81. The van der Waals surface area contributed by atoms with Gasteiger partial charge < -0.3 is 40.0 Å². The normalized spacial score (nSPS) is 11.5. The van der Waals surface area contributed by atoms with Crippen molar-refractivity contribution >= 4 is 33.8 Å². The van der Waals surface area contributed by atoms with Crippen molar-refractivity contribution in [2.24, 2.45) is 0 Å². The molecule has 0 aliphatic carbocycles. The molecule has 1 aromatic heterocycles. The van der Waals surface area contributed by atoms with E-state index in [0.717, 1.165) is 44.2 Å². The minimum atomic E-state index is -1.14. The Kier molecular flexibility index (Phi) is 36.0. The lowest BCUT2D eigenvalue weighted by Gasteiger charge is -2.14. The Morgan fingerprint density at radius 2 is 1.24 bits per heavy atom. The van der Waals surface area contributed by atoms with E-state index in [1.165, 1.54) is 64.2 Å². The van der Waals surface area contributed by atoms with Crippen molar-refractivity contribution in [3.8, 4) is 0 Å². The number of aromatic nitrogens is 3. The number of carbonyl (C=O) groups excluding carboxylic acids is 3. The van der Waals surface area contributed by atoms with Crippen molar-refractivity contribution in [2.75, 3.05) is 59.3 Å². The maximum absolute atomic E-state index is 12.3. The Hall–Kier alpha value is -2.87. The van der Waals surface area contributed by atoms with E-state index < -0.39 is 18.1 Å². The molecule has 0 saturated carbocycles. The smallest absolute Gasteiger partial charge is 0.407 e. The van der Waals surface area contributed by atoms with Crippen molar-refractivity contribution in [1.82, 2.24) is 30.9 Å². The van der Waals surface area contributed by atoms with Crippen LogP contribution in [0.3, 0.4) is 0 Å². The highest BCUT2D eigenvalue weighted by Gasteiger charge is 2.20. The van der Waals surface area contributed by atoms with Gasteiger partial charge in [0.25, 0.3) is 0 Å². The topological polar surface area (TPSA) is 192 Å². The molecule has 4 N–H and O–H groups in total. The zero-order chi connectivity index (χ0) is 39.3. The van der Waals surface area contributed by atoms with Gasteiger partial charge in [0.2, 0.25) is 11.8 Å². The molecule has 2 unspecified atom stereocenters. The molecule has 1 rings (SSSR count). The molecule has 0 aliphatic heterocycles. The molecule has 15 nitrogen and oxygen atoms in total. The fourth-order valence-corrected chi connectivity index (χ4v) is 5.58. The van der Waals surface area contributed by atoms with E-state index in [1.54, 1.807) is 10.9 Å². The van der Waals surface area contributed by atoms with Crippen LogP contribution in [-0.2, 0) is 46.3 Å². The summed E-state index contributed by atoms with van der Waals surface area (Å²) in [5.74, 6) is -1.72. The van der Waals surface area contributed by atoms with E-state index in [2.05, 4.69) is 40.1 Å². The van der Waals surface area contributed by atoms with Gasteiger partial charge in [-0.3, -0.25) is 9.59 Å². The molecule has 0 aromatic carbocycles. The third-order valence-electron chi connectivity index (χ3n) is 8.81. The van der Waals surface area contributed by atoms with Crippen molar-refractivity contribution in [1.29, 1.82) is 0 Å². The van der Waals surface area contributed by atoms with Gasteiger partial charge in [-0.1, -0.05) is 109 Å². The lowest BCUT2D eigenvalue weighted by Crippen LogP contribution is -2.41. The Labute approximate surface area is 333 Å². The molecule has 0 aliphatic rings. The maximum Gasteiger partial charge on any atom is 0.407 e. The number of hydrogen-bond acceptors (Lipinski definition) is 10. The van der Waals surface area contributed by atoms with Gasteiger partial charge in [0.1, 0.15) is 6.04 Å². The van der Waals surface area contributed by atoms with Gasteiger partial charge in [-0.2, -0.15) is 9.90 Å². The summed E-state index contributed by atoms with van der Waals surface area (Å²) in [4.78, 5) is 47.8. The SMILES string of the molecule is CCCCCCCCCCCCCCCC(=O)NC(CCC(=O)NCCOCCOCCOCCn1cc(CCOC(=O)NCCCCC)nn1)C(=O)O.P. The lowest BCUT2D eigenvalue weighted by atomic mass is 10.0. The molecule has 320 valence electrons. The molecule has 3 amide bonds. The first-order chi connectivity index (χ1) is 26.3. The number of nitrogens with zero attached hydrogens (tertiary/aromatic N) is 3. The summed E-state index contributed by atoms with van der Waals surface area (Å²) in [5.41, 5.74) is 0.735. The molecule has 0 spiro atoms. The number of alkyl carbamates (subject to hydrolysis) is 1. The van der Waals surface area contributed by atoms with Crippen LogP contribution in [0.25, 0.3) is 0 Å². The monoisotopic (exact) mass is 803 g/mol. The fourth-order valence-electron chi connectivity index (χ4n) is 5.58. The number of carbonyl (C=O) groups is 4. The Morgan fingerprint density at radius 3 is 1.85 bits per heavy atom. The van der Waals surface area contributed by atoms with Crippen LogP contribution in [0.15, 0.2) is 6.20 Å². The molecule has 2 atom stereocenters. The molecule has 16 heteroatoms. The van der Waals surface area contributed by atoms with Crippen molar-refractivity contribution in [2.45, 2.75) is 155 Å². The van der Waals surface area contributed by atoms with Gasteiger partial charge in [0, 0.05) is 38.5 Å². The Bertz CT molecular complexity index is 1100. The summed E-state index contributed by atoms with van der Waals surface area (Å²) in [6.45, 7) is 8.31. The van der Waals surface area contributed by atoms with E-state index in [9.17, 15) is 24.3 Å². The predicted molar refractivity (Wildman–Crippen MR) is 218 cm³/mol. The summed E-state index contributed by atoms with van der Waals surface area (Å²) in [5, 5.41) is 25.7. The van der Waals surface area contributed by atoms with E-state index in [0.29, 0.717) is 65.6 Å². The van der Waals surface area contributed by atoms with Gasteiger partial charge in [-0.05, 0) is 19.3 Å². The van der Waals surface area contributed by atoms with Crippen LogP contribution in [0, 0.1) is 0 Å². The summed E-state index contributed by atoms with van der Waals surface area (Å²) >= 11 is 0. The predicted octanol–water partition coefficient (Wildman–Crippen LogP) is 5.79. The maximum atomic E-state index is 12.3. The molecule has 0 radical (unpaired) electrons. The average molecular weight is 803 g/mol. The molecule has 55 heavy (non-hydrogen) atoms. The number of amides is 3. The van der Waals surface area contributed by atoms with Crippen molar-refractivity contribution in [3.63, 3.8) is 0 Å². The van der Waals surface area contributed by atoms with Gasteiger partial charge >= 0.3 is 12.1 Å². The largest absolute Gasteiger partial charge is 0.480 e. The number of nitrogens with one attached hydrogen (secondary N) is 3. The second-order valence-corrected chi connectivity index (χ2v) is 13.7. The standard InChI is InChI=1S/C39H72N6O9.H3P/c1-3-5-7-8-9-10-11-12-13-14-15-16-17-19-37(47)42-35(38(48)49)20-21-36(46)40-24-27-51-29-31-53-32-30-52-28-25-45-33-34(43-44-45)22-26-54-39(50)41-23-18-6-4-2;/h33,35H,3-32H2,1-2H3,(H,40,46)(H,41,50)(H,42,47)(H,48,49);1H3. The summed E-state index contributed by atoms with van der Waals surface area (Å²) in [6.07, 6.45) is 21.1. The molecule has 0 bridgehead atoms. The molecule has 0 saturated heterocycles. The molecule has 1 aromatic rings. The van der Waals surface area contributed by atoms with Gasteiger partial charge in [-0.25, -0.2) is 14.3 Å². The number of unbranched alkanes of at least 4 members (excludes halogenated alkanes) is 14. The van der Waals surface area contributed by atoms with Crippen molar-refractivity contribution < 1.29 is 43.2 Å². The number of ether oxygens (including phenoxy) is 4. The van der Waals surface area contributed by atoms with E-state index >= 15 is 0 Å². The fraction of sp³-hybridized carbons (Fsp3) is 0.846. The van der Waals surface area contributed by atoms with Crippen LogP contribution in [0.1, 0.15) is 142 Å². The van der Waals surface area contributed by atoms with Crippen molar-refractivity contribution in [3.05, 3.63) is 11.9 Å². The summed E-state index contributed by atoms with van der Waals surface area (Å²) in [7, 11) is 0. The molecular formula is C39H75N6O9P. The van der Waals surface area contributed by atoms with Crippen LogP contribution < -0.4 is 16.0 Å². The molecule has 0 fully saturated rings. The zero-order valence-corrected chi connectivity index (χ0v) is 35.5. The van der Waals surface area contributed by atoms with Crippen LogP contribution in [0.5, 0.6) is 0 Å². The van der Waals surface area contributed by atoms with Gasteiger partial charge in [0.15, 0.2) is 0 Å². The first-order valence-corrected chi connectivity index (χ1v) is 20.7. The second kappa shape index (κ2) is 38.0. The molecule has 1 heterocycles. The summed E-state index contributed by atoms with van der Waals surface area (Å²) in [6, 6.07) is -1.09. The Balaban J connectivity index is 0.0000292. The number of carboxylic acids is 1. The average Bonchev–Trinajstić information content (AvgIpc) is 3.61. The minimum Gasteiger partial charge on any atom is -0.480 e. The van der Waals surface area contributed by atoms with Crippen LogP contribution >= 0.6 is 9.90 Å². The van der Waals surface area contributed by atoms with Crippen LogP contribution in [0.4, 0.5) is 4.79 Å². The number of aliphatic carboxylic acids is 1. The van der Waals surface area contributed by atoms with Gasteiger partial charge in [0.05, 0.1) is 58.5 Å². The van der Waals surface area contributed by atoms with Crippen LogP contribution in [0.2, 0.25) is 0 Å². The van der Waals surface area contributed by atoms with Gasteiger partial charge in [-0.15, -0.1) is 5.10 Å². The second-order valence-electron chi connectivity index (χ2n) is 13.7. The first-order valence-electron chi connectivity index (χ1n) is 20.7. The zero-order valence-electron chi connectivity index (χ0n) is 34.1. The number of rotatable bonds is 38. The lowest BCUT2D eigenvalue weighted by molar-refractivity contribution is -0.142. The van der Waals surface area contributed by atoms with E-state index in [4.69, 9.17) is 18.9 Å². The van der Waals surface area contributed by atoms with E-state index in [1.807, 2.05) is 0 Å². The van der Waals surface area contributed by atoms with Crippen LogP contribution in [-0.4, -0.2) is 109 Å². The number of carboxylic acid groups (broad SMARTS) is 1. The first kappa shape index (κ1) is 52.1. The van der Waals surface area contributed by atoms with E-state index in [-0.39, 0.29) is 47.7 Å².